The minimum absolute atomic E-state index is 0.173. The summed E-state index contributed by atoms with van der Waals surface area (Å²) >= 11 is 0. The number of rotatable bonds is 5. The summed E-state index contributed by atoms with van der Waals surface area (Å²) in [5.41, 5.74) is 2.27. The monoisotopic (exact) mass is 371 g/mol. The Morgan fingerprint density at radius 1 is 1.19 bits per heavy atom. The molecule has 0 aromatic heterocycles. The second-order valence-electron chi connectivity index (χ2n) is 8.79. The first-order chi connectivity index (χ1) is 12.9. The van der Waals surface area contributed by atoms with Crippen molar-refractivity contribution in [3.05, 3.63) is 47.5 Å². The van der Waals surface area contributed by atoms with E-state index < -0.39 is 5.60 Å². The van der Waals surface area contributed by atoms with E-state index >= 15 is 0 Å². The van der Waals surface area contributed by atoms with Crippen LogP contribution in [-0.4, -0.2) is 36.3 Å². The molecule has 1 amide bonds. The van der Waals surface area contributed by atoms with Crippen LogP contribution in [0.5, 0.6) is 0 Å². The maximum Gasteiger partial charge on any atom is 0.410 e. The van der Waals surface area contributed by atoms with Crippen LogP contribution in [0.3, 0.4) is 0 Å². The van der Waals surface area contributed by atoms with Crippen LogP contribution < -0.4 is 0 Å². The summed E-state index contributed by atoms with van der Waals surface area (Å²) in [7, 11) is 0. The molecule has 1 aromatic rings. The highest BCUT2D eigenvalue weighted by atomic mass is 16.6. The van der Waals surface area contributed by atoms with Gasteiger partial charge in [-0.05, 0) is 63.9 Å². The predicted octanol–water partition coefficient (Wildman–Crippen LogP) is 5.19. The Morgan fingerprint density at radius 2 is 1.96 bits per heavy atom. The van der Waals surface area contributed by atoms with Gasteiger partial charge in [0.2, 0.25) is 0 Å². The number of carbonyl (C=O) groups is 1. The van der Waals surface area contributed by atoms with E-state index in [4.69, 9.17) is 9.47 Å². The van der Waals surface area contributed by atoms with Crippen molar-refractivity contribution in [2.24, 2.45) is 11.8 Å². The average Bonchev–Trinajstić information content (AvgIpc) is 2.64. The number of hydrogen-bond donors (Lipinski definition) is 0. The quantitative estimate of drug-likeness (QED) is 0.528. The zero-order valence-electron chi connectivity index (χ0n) is 16.9. The lowest BCUT2D eigenvalue weighted by atomic mass is 9.76. The molecule has 0 radical (unpaired) electrons. The van der Waals surface area contributed by atoms with E-state index in [-0.39, 0.29) is 6.09 Å². The van der Waals surface area contributed by atoms with Crippen LogP contribution in [0.1, 0.15) is 52.0 Å². The van der Waals surface area contributed by atoms with Gasteiger partial charge in [0.25, 0.3) is 0 Å². The number of nitrogens with zero attached hydrogens (tertiary/aromatic N) is 1. The normalized spacial score (nSPS) is 22.8. The molecule has 1 aliphatic carbocycles. The Hall–Kier alpha value is -1.81. The zero-order chi connectivity index (χ0) is 19.3. The van der Waals surface area contributed by atoms with Crippen molar-refractivity contribution in [3.8, 4) is 0 Å². The molecule has 0 unspecified atom stereocenters. The maximum absolute atomic E-state index is 12.4. The molecule has 0 bridgehead atoms. The third-order valence-electron chi connectivity index (χ3n) is 5.42. The molecule has 2 aliphatic rings. The lowest BCUT2D eigenvalue weighted by Gasteiger charge is -2.40. The summed E-state index contributed by atoms with van der Waals surface area (Å²) in [5.74, 6) is 1.17. The number of hydrogen-bond acceptors (Lipinski definition) is 3. The molecule has 4 nitrogen and oxygen atoms in total. The first kappa shape index (κ1) is 19.9. The van der Waals surface area contributed by atoms with Crippen LogP contribution in [0.2, 0.25) is 0 Å². The minimum Gasteiger partial charge on any atom is -0.444 e. The van der Waals surface area contributed by atoms with Gasteiger partial charge < -0.3 is 14.4 Å². The van der Waals surface area contributed by atoms with Gasteiger partial charge in [-0.1, -0.05) is 42.0 Å². The topological polar surface area (TPSA) is 38.8 Å². The van der Waals surface area contributed by atoms with E-state index in [0.29, 0.717) is 18.4 Å². The van der Waals surface area contributed by atoms with Gasteiger partial charge in [0.1, 0.15) is 5.60 Å². The summed E-state index contributed by atoms with van der Waals surface area (Å²) < 4.78 is 11.4. The summed E-state index contributed by atoms with van der Waals surface area (Å²) in [5, 5.41) is 0. The molecule has 0 saturated carbocycles. The van der Waals surface area contributed by atoms with Crippen molar-refractivity contribution >= 4 is 6.09 Å². The molecular formula is C23H33NO3. The molecule has 1 fully saturated rings. The number of carbonyl (C=O) groups excluding carboxylic acids is 1. The summed E-state index contributed by atoms with van der Waals surface area (Å²) in [6.45, 7) is 8.80. The van der Waals surface area contributed by atoms with Gasteiger partial charge in [0.15, 0.2) is 0 Å². The number of fused-ring (bicyclic) bond motifs is 1. The first-order valence-corrected chi connectivity index (χ1v) is 10.2. The predicted molar refractivity (Wildman–Crippen MR) is 107 cm³/mol. The van der Waals surface area contributed by atoms with Gasteiger partial charge in [-0.25, -0.2) is 4.79 Å². The number of piperidine rings is 1. The highest BCUT2D eigenvalue weighted by molar-refractivity contribution is 5.68. The van der Waals surface area contributed by atoms with Gasteiger partial charge in [0, 0.05) is 13.1 Å². The van der Waals surface area contributed by atoms with Crippen molar-refractivity contribution < 1.29 is 14.3 Å². The van der Waals surface area contributed by atoms with E-state index in [9.17, 15) is 4.79 Å². The van der Waals surface area contributed by atoms with Crippen LogP contribution in [0.25, 0.3) is 0 Å². The standard InChI is InChI=1S/C23H33NO3/c1-23(2,3)27-22(25)24-13-11-20-10-9-18(15-21(20)16-24)12-14-26-17-19-7-5-4-6-8-19/h4-8,15,20-21H,9-14,16-17H2,1-3H3/t20-,21+/m1/s1. The van der Waals surface area contributed by atoms with Gasteiger partial charge >= 0.3 is 6.09 Å². The van der Waals surface area contributed by atoms with E-state index in [2.05, 4.69) is 18.2 Å². The van der Waals surface area contributed by atoms with Crippen molar-refractivity contribution in [2.75, 3.05) is 19.7 Å². The maximum atomic E-state index is 12.4. The van der Waals surface area contributed by atoms with Gasteiger partial charge in [0.05, 0.1) is 13.2 Å². The summed E-state index contributed by atoms with van der Waals surface area (Å²) in [6, 6.07) is 10.3. The molecule has 1 heterocycles. The number of amides is 1. The van der Waals surface area contributed by atoms with Gasteiger partial charge in [-0.2, -0.15) is 0 Å². The Bertz CT molecular complexity index is 647. The molecule has 148 valence electrons. The number of likely N-dealkylation sites (tertiary alicyclic amines) is 1. The van der Waals surface area contributed by atoms with Crippen molar-refractivity contribution in [2.45, 2.75) is 58.7 Å². The third-order valence-corrected chi connectivity index (χ3v) is 5.42. The fourth-order valence-electron chi connectivity index (χ4n) is 4.00. The van der Waals surface area contributed by atoms with Gasteiger partial charge in [-0.3, -0.25) is 0 Å². The molecule has 4 heteroatoms. The van der Waals surface area contributed by atoms with E-state index in [0.717, 1.165) is 32.5 Å². The third kappa shape index (κ3) is 6.10. The van der Waals surface area contributed by atoms with Crippen molar-refractivity contribution in [1.29, 1.82) is 0 Å². The van der Waals surface area contributed by atoms with Crippen LogP contribution in [0.15, 0.2) is 42.0 Å². The van der Waals surface area contributed by atoms with E-state index in [1.807, 2.05) is 43.9 Å². The molecule has 1 aromatic carbocycles. The SMILES string of the molecule is CC(C)(C)OC(=O)N1CC[C@H]2CCC(CCOCc3ccccc3)=C[C@H]2C1. The molecule has 1 aliphatic heterocycles. The largest absolute Gasteiger partial charge is 0.444 e. The first-order valence-electron chi connectivity index (χ1n) is 10.2. The van der Waals surface area contributed by atoms with E-state index in [1.54, 1.807) is 0 Å². The highest BCUT2D eigenvalue weighted by Gasteiger charge is 2.34. The average molecular weight is 372 g/mol. The van der Waals surface area contributed by atoms with Gasteiger partial charge in [-0.15, -0.1) is 0 Å². The molecule has 2 atom stereocenters. The Balaban J connectivity index is 1.47. The Kier molecular flexibility index (Phi) is 6.59. The fraction of sp³-hybridized carbons (Fsp3) is 0.609. The zero-order valence-corrected chi connectivity index (χ0v) is 16.9. The summed E-state index contributed by atoms with van der Waals surface area (Å²) in [6.07, 6.45) is 6.71. The molecule has 3 rings (SSSR count). The number of ether oxygens (including phenoxy) is 2. The second-order valence-corrected chi connectivity index (χ2v) is 8.79. The Morgan fingerprint density at radius 3 is 2.70 bits per heavy atom. The lowest BCUT2D eigenvalue weighted by Crippen LogP contribution is -2.46. The van der Waals surface area contributed by atoms with Crippen LogP contribution in [0.4, 0.5) is 4.79 Å². The van der Waals surface area contributed by atoms with E-state index in [1.165, 1.54) is 24.0 Å². The molecule has 0 spiro atoms. The molecule has 1 saturated heterocycles. The Labute approximate surface area is 163 Å². The van der Waals surface area contributed by atoms with Crippen molar-refractivity contribution in [3.63, 3.8) is 0 Å². The number of benzene rings is 1. The molecule has 27 heavy (non-hydrogen) atoms. The molecular weight excluding hydrogens is 338 g/mol. The minimum atomic E-state index is -0.433. The lowest BCUT2D eigenvalue weighted by molar-refractivity contribution is 0.0125. The van der Waals surface area contributed by atoms with Crippen molar-refractivity contribution in [1.82, 2.24) is 4.90 Å². The fourth-order valence-corrected chi connectivity index (χ4v) is 4.00. The summed E-state index contributed by atoms with van der Waals surface area (Å²) in [4.78, 5) is 14.3. The highest BCUT2D eigenvalue weighted by Crippen LogP contribution is 2.36. The molecule has 0 N–H and O–H groups in total. The van der Waals surface area contributed by atoms with Crippen LogP contribution >= 0.6 is 0 Å². The van der Waals surface area contributed by atoms with Crippen LogP contribution in [-0.2, 0) is 16.1 Å². The second kappa shape index (κ2) is 8.92. The van der Waals surface area contributed by atoms with Crippen LogP contribution in [0, 0.1) is 11.8 Å². The smallest absolute Gasteiger partial charge is 0.410 e.